The van der Waals surface area contributed by atoms with Crippen LogP contribution in [0.15, 0.2) is 64.6 Å². The molecule has 0 aliphatic heterocycles. The van der Waals surface area contributed by atoms with E-state index in [-0.39, 0.29) is 11.3 Å². The van der Waals surface area contributed by atoms with Gasteiger partial charge in [0.2, 0.25) is 5.91 Å². The number of nitrogens with one attached hydrogen (secondary N) is 1. The lowest BCUT2D eigenvalue weighted by molar-refractivity contribution is -0.120. The monoisotopic (exact) mass is 344 g/mol. The molecule has 0 bridgehead atoms. The van der Waals surface area contributed by atoms with Crippen LogP contribution in [-0.4, -0.2) is 20.4 Å². The Balaban J connectivity index is 2.18. The Labute approximate surface area is 140 Å². The zero-order valence-corrected chi connectivity index (χ0v) is 13.8. The third-order valence-electron chi connectivity index (χ3n) is 3.33. The first-order valence-electron chi connectivity index (χ1n) is 7.14. The molecule has 8 heteroatoms. The molecule has 124 valence electrons. The molecule has 0 aromatic heterocycles. The van der Waals surface area contributed by atoms with Crippen LogP contribution in [-0.2, 0) is 21.2 Å². The topological polar surface area (TPSA) is 112 Å². The van der Waals surface area contributed by atoms with Crippen LogP contribution in [0.3, 0.4) is 0 Å². The van der Waals surface area contributed by atoms with Gasteiger partial charge in [-0.15, -0.1) is 0 Å². The van der Waals surface area contributed by atoms with Gasteiger partial charge in [0.1, 0.15) is 6.04 Å². The zero-order chi connectivity index (χ0) is 17.6. The molecule has 1 N–H and O–H groups in total. The molecule has 1 amide bonds. The first-order valence-corrected chi connectivity index (χ1v) is 8.62. The molecule has 2 rings (SSSR count). The predicted molar refractivity (Wildman–Crippen MR) is 89.6 cm³/mol. The van der Waals surface area contributed by atoms with E-state index in [1.54, 1.807) is 36.4 Å². The Hall–Kier alpha value is -2.83. The Kier molecular flexibility index (Phi) is 5.57. The highest BCUT2D eigenvalue weighted by Gasteiger charge is 2.24. The largest absolute Gasteiger partial charge is 0.274 e. The van der Waals surface area contributed by atoms with Crippen LogP contribution in [0.1, 0.15) is 11.1 Å². The fourth-order valence-corrected chi connectivity index (χ4v) is 3.08. The Morgan fingerprint density at radius 3 is 2.38 bits per heavy atom. The minimum Gasteiger partial charge on any atom is -0.274 e. The van der Waals surface area contributed by atoms with Gasteiger partial charge in [0.05, 0.1) is 4.90 Å². The van der Waals surface area contributed by atoms with E-state index in [0.29, 0.717) is 0 Å². The van der Waals surface area contributed by atoms with E-state index < -0.39 is 22.0 Å². The highest BCUT2D eigenvalue weighted by Crippen LogP contribution is 2.12. The van der Waals surface area contributed by atoms with E-state index >= 15 is 0 Å². The number of sulfonamides is 1. The maximum atomic E-state index is 12.2. The molecule has 0 saturated heterocycles. The zero-order valence-electron chi connectivity index (χ0n) is 13.0. The highest BCUT2D eigenvalue weighted by atomic mass is 32.2. The van der Waals surface area contributed by atoms with Crippen LogP contribution < -0.4 is 4.72 Å². The van der Waals surface area contributed by atoms with Crippen molar-refractivity contribution >= 4 is 15.9 Å². The molecule has 0 radical (unpaired) electrons. The quantitative estimate of drug-likeness (QED) is 0.494. The molecule has 0 spiro atoms. The Bertz CT molecular complexity index is 858. The van der Waals surface area contributed by atoms with Gasteiger partial charge in [-0.05, 0) is 36.6 Å². The number of nitrogens with zero attached hydrogens (tertiary/aromatic N) is 3. The fraction of sp³-hybridized carbons (Fsp3) is 0.188. The second-order valence-corrected chi connectivity index (χ2v) is 6.88. The summed E-state index contributed by atoms with van der Waals surface area (Å²) in [6.07, 6.45) is 0.111. The minimum atomic E-state index is -4.01. The highest BCUT2D eigenvalue weighted by molar-refractivity contribution is 7.90. The summed E-state index contributed by atoms with van der Waals surface area (Å²) in [5.41, 5.74) is 10.3. The van der Waals surface area contributed by atoms with Gasteiger partial charge in [0.15, 0.2) is 0 Å². The van der Waals surface area contributed by atoms with Crippen molar-refractivity contribution in [3.05, 3.63) is 76.2 Å². The summed E-state index contributed by atoms with van der Waals surface area (Å²) in [6.45, 7) is 1.83. The van der Waals surface area contributed by atoms with Gasteiger partial charge in [0, 0.05) is 4.91 Å². The molecule has 1 atom stereocenters. The van der Waals surface area contributed by atoms with Gasteiger partial charge >= 0.3 is 0 Å². The summed E-state index contributed by atoms with van der Waals surface area (Å²) in [7, 11) is -4.01. The maximum absolute atomic E-state index is 12.2. The van der Waals surface area contributed by atoms with E-state index in [1.807, 2.05) is 17.7 Å². The van der Waals surface area contributed by atoms with Crippen molar-refractivity contribution in [2.24, 2.45) is 5.11 Å². The molecular weight excluding hydrogens is 328 g/mol. The average Bonchev–Trinajstić information content (AvgIpc) is 2.55. The molecular formula is C16H16N4O3S. The second kappa shape index (κ2) is 7.63. The van der Waals surface area contributed by atoms with Crippen molar-refractivity contribution < 1.29 is 13.2 Å². The summed E-state index contributed by atoms with van der Waals surface area (Å²) in [5.74, 6) is -0.864. The number of hydrogen-bond donors (Lipinski definition) is 1. The standard InChI is InChI=1S/C16H16N4O3S/c1-12-7-9-14(10-8-12)24(22,23)19-16(21)15(18-20-17)11-13-5-3-2-4-6-13/h2-10,15H,11H2,1H3,(H,19,21)/t15-/m0/s1. The molecule has 0 aliphatic carbocycles. The average molecular weight is 344 g/mol. The number of rotatable bonds is 6. The third-order valence-corrected chi connectivity index (χ3v) is 4.69. The molecule has 0 heterocycles. The molecule has 0 saturated carbocycles. The van der Waals surface area contributed by atoms with Crippen LogP contribution in [0, 0.1) is 6.92 Å². The smallest absolute Gasteiger partial charge is 0.264 e. The van der Waals surface area contributed by atoms with E-state index in [9.17, 15) is 13.2 Å². The van der Waals surface area contributed by atoms with Crippen LogP contribution in [0.2, 0.25) is 0 Å². The van der Waals surface area contributed by atoms with Crippen LogP contribution >= 0.6 is 0 Å². The van der Waals surface area contributed by atoms with Crippen molar-refractivity contribution in [3.63, 3.8) is 0 Å². The lowest BCUT2D eigenvalue weighted by atomic mass is 10.1. The van der Waals surface area contributed by atoms with Gasteiger partial charge in [-0.1, -0.05) is 53.1 Å². The summed E-state index contributed by atoms with van der Waals surface area (Å²) in [4.78, 5) is 14.8. The van der Waals surface area contributed by atoms with E-state index in [4.69, 9.17) is 5.53 Å². The molecule has 7 nitrogen and oxygen atoms in total. The summed E-state index contributed by atoms with van der Waals surface area (Å²) in [6, 6.07) is 13.8. The lowest BCUT2D eigenvalue weighted by Crippen LogP contribution is -2.38. The second-order valence-electron chi connectivity index (χ2n) is 5.19. The Morgan fingerprint density at radius 1 is 1.17 bits per heavy atom. The van der Waals surface area contributed by atoms with E-state index in [0.717, 1.165) is 11.1 Å². The Morgan fingerprint density at radius 2 is 1.79 bits per heavy atom. The number of azide groups is 1. The molecule has 2 aromatic carbocycles. The van der Waals surface area contributed by atoms with E-state index in [2.05, 4.69) is 10.0 Å². The first kappa shape index (κ1) is 17.5. The van der Waals surface area contributed by atoms with Crippen molar-refractivity contribution in [3.8, 4) is 0 Å². The third kappa shape index (κ3) is 4.58. The number of hydrogen-bond acceptors (Lipinski definition) is 4. The summed E-state index contributed by atoms with van der Waals surface area (Å²) >= 11 is 0. The molecule has 0 aliphatic rings. The normalized spacial score (nSPS) is 12.0. The van der Waals surface area contributed by atoms with Crippen LogP contribution in [0.5, 0.6) is 0 Å². The SMILES string of the molecule is Cc1ccc(S(=O)(=O)NC(=O)[C@H](Cc2ccccc2)N=[N+]=[N-])cc1. The van der Waals surface area contributed by atoms with Crippen LogP contribution in [0.4, 0.5) is 0 Å². The van der Waals surface area contributed by atoms with Gasteiger partial charge in [0.25, 0.3) is 10.0 Å². The molecule has 2 aromatic rings. The number of benzene rings is 2. The summed E-state index contributed by atoms with van der Waals surface area (Å²) < 4.78 is 26.5. The summed E-state index contributed by atoms with van der Waals surface area (Å²) in [5, 5.41) is 3.42. The van der Waals surface area contributed by atoms with Gasteiger partial charge in [-0.25, -0.2) is 13.1 Å². The number of amides is 1. The molecule has 0 fully saturated rings. The first-order chi connectivity index (χ1) is 11.4. The number of carbonyl (C=O) groups is 1. The van der Waals surface area contributed by atoms with Crippen molar-refractivity contribution in [1.82, 2.24) is 4.72 Å². The molecule has 0 unspecified atom stereocenters. The fourth-order valence-electron chi connectivity index (χ4n) is 2.06. The maximum Gasteiger partial charge on any atom is 0.264 e. The van der Waals surface area contributed by atoms with Crippen molar-refractivity contribution in [2.75, 3.05) is 0 Å². The van der Waals surface area contributed by atoms with Crippen molar-refractivity contribution in [2.45, 2.75) is 24.3 Å². The van der Waals surface area contributed by atoms with Gasteiger partial charge in [-0.3, -0.25) is 4.79 Å². The lowest BCUT2D eigenvalue weighted by Gasteiger charge is -2.12. The molecule has 24 heavy (non-hydrogen) atoms. The van der Waals surface area contributed by atoms with Crippen LogP contribution in [0.25, 0.3) is 10.4 Å². The van der Waals surface area contributed by atoms with Gasteiger partial charge in [-0.2, -0.15) is 0 Å². The number of aryl methyl sites for hydroxylation is 1. The van der Waals surface area contributed by atoms with Gasteiger partial charge < -0.3 is 0 Å². The minimum absolute atomic E-state index is 0.0270. The number of carbonyl (C=O) groups excluding carboxylic acids is 1. The van der Waals surface area contributed by atoms with Crippen molar-refractivity contribution in [1.29, 1.82) is 0 Å². The predicted octanol–water partition coefficient (Wildman–Crippen LogP) is 2.72. The van der Waals surface area contributed by atoms with E-state index in [1.165, 1.54) is 12.1 Å².